The third-order valence-corrected chi connectivity index (χ3v) is 5.29. The van der Waals surface area contributed by atoms with Gasteiger partial charge in [0.2, 0.25) is 0 Å². The molecule has 2 nitrogen and oxygen atoms in total. The third kappa shape index (κ3) is 15.0. The molecule has 0 unspecified atom stereocenters. The van der Waals surface area contributed by atoms with Crippen LogP contribution in [0.3, 0.4) is 0 Å². The molecule has 0 spiro atoms. The minimum Gasteiger partial charge on any atom is -0.466 e. The number of hydrogen-bond acceptors (Lipinski definition) is 2. The van der Waals surface area contributed by atoms with Crippen LogP contribution in [0, 0.1) is 0 Å². The van der Waals surface area contributed by atoms with Crippen molar-refractivity contribution in [3.05, 3.63) is 0 Å². The van der Waals surface area contributed by atoms with E-state index in [1.807, 2.05) is 0 Å². The third-order valence-electron chi connectivity index (χ3n) is 5.29. The summed E-state index contributed by atoms with van der Waals surface area (Å²) in [6, 6.07) is 0. The summed E-state index contributed by atoms with van der Waals surface area (Å²) in [6.07, 6.45) is 26.0. The Morgan fingerprint density at radius 1 is 0.417 bits per heavy atom. The van der Waals surface area contributed by atoms with Crippen molar-refractivity contribution < 1.29 is 9.53 Å². The predicted octanol–water partition coefficient (Wildman–Crippen LogP) is 7.35. The molecular weight excluding hydrogens is 296 g/mol. The van der Waals surface area contributed by atoms with Gasteiger partial charge < -0.3 is 4.74 Å². The van der Waals surface area contributed by atoms with Gasteiger partial charge in [-0.1, -0.05) is 109 Å². The molecule has 0 aromatic carbocycles. The van der Waals surface area contributed by atoms with Crippen LogP contribution in [0.1, 0.15) is 128 Å². The Bertz CT molecular complexity index is 249. The van der Waals surface area contributed by atoms with Gasteiger partial charge in [-0.05, 0) is 12.8 Å². The maximum atomic E-state index is 11.6. The normalized spacial score (nSPS) is 23.2. The standard InChI is InChI=1S/C22H42O2/c23-22-20-18-16-14-12-10-8-6-4-2-1-3-5-7-9-11-13-15-17-19-21-24-22/h1-21H2. The van der Waals surface area contributed by atoms with Gasteiger partial charge in [0.15, 0.2) is 0 Å². The van der Waals surface area contributed by atoms with Crippen molar-refractivity contribution >= 4 is 5.97 Å². The van der Waals surface area contributed by atoms with Gasteiger partial charge in [0.25, 0.3) is 0 Å². The summed E-state index contributed by atoms with van der Waals surface area (Å²) in [7, 11) is 0. The number of hydrogen-bond donors (Lipinski definition) is 0. The Morgan fingerprint density at radius 3 is 1.08 bits per heavy atom. The van der Waals surface area contributed by atoms with Gasteiger partial charge >= 0.3 is 5.97 Å². The Kier molecular flexibility index (Phi) is 15.5. The smallest absolute Gasteiger partial charge is 0.305 e. The molecule has 1 rings (SSSR count). The summed E-state index contributed by atoms with van der Waals surface area (Å²) in [6.45, 7) is 0.638. The van der Waals surface area contributed by atoms with Crippen molar-refractivity contribution in [1.82, 2.24) is 0 Å². The van der Waals surface area contributed by atoms with Crippen molar-refractivity contribution in [3.8, 4) is 0 Å². The molecule has 0 amide bonds. The van der Waals surface area contributed by atoms with Crippen LogP contribution >= 0.6 is 0 Å². The van der Waals surface area contributed by atoms with E-state index in [0.717, 1.165) is 12.8 Å². The molecule has 0 bridgehead atoms. The zero-order valence-corrected chi connectivity index (χ0v) is 16.2. The van der Waals surface area contributed by atoms with Crippen molar-refractivity contribution in [3.63, 3.8) is 0 Å². The molecule has 0 aliphatic carbocycles. The summed E-state index contributed by atoms with van der Waals surface area (Å²) in [4.78, 5) is 11.6. The van der Waals surface area contributed by atoms with Gasteiger partial charge in [-0.15, -0.1) is 0 Å². The number of ether oxygens (including phenoxy) is 1. The highest BCUT2D eigenvalue weighted by Gasteiger charge is 2.02. The van der Waals surface area contributed by atoms with Gasteiger partial charge in [0.1, 0.15) is 0 Å². The van der Waals surface area contributed by atoms with Crippen LogP contribution in [0.2, 0.25) is 0 Å². The molecular formula is C22H42O2. The molecule has 0 aromatic rings. The van der Waals surface area contributed by atoms with Crippen LogP contribution in [0.4, 0.5) is 0 Å². The number of esters is 1. The van der Waals surface area contributed by atoms with Crippen molar-refractivity contribution in [2.45, 2.75) is 128 Å². The van der Waals surface area contributed by atoms with E-state index in [4.69, 9.17) is 4.74 Å². The van der Waals surface area contributed by atoms with E-state index in [1.165, 1.54) is 109 Å². The molecule has 1 fully saturated rings. The summed E-state index contributed by atoms with van der Waals surface area (Å²) in [5.74, 6) is 0.0217. The predicted molar refractivity (Wildman–Crippen MR) is 103 cm³/mol. The van der Waals surface area contributed by atoms with E-state index in [9.17, 15) is 4.79 Å². The molecule has 0 atom stereocenters. The van der Waals surface area contributed by atoms with Gasteiger partial charge in [-0.3, -0.25) is 4.79 Å². The molecule has 1 heterocycles. The van der Waals surface area contributed by atoms with Crippen LogP contribution in [0.25, 0.3) is 0 Å². The van der Waals surface area contributed by atoms with Gasteiger partial charge in [-0.25, -0.2) is 0 Å². The number of carbonyl (C=O) groups is 1. The zero-order valence-electron chi connectivity index (χ0n) is 16.2. The van der Waals surface area contributed by atoms with Crippen LogP contribution in [-0.4, -0.2) is 12.6 Å². The quantitative estimate of drug-likeness (QED) is 0.432. The Hall–Kier alpha value is -0.530. The second kappa shape index (κ2) is 17.3. The van der Waals surface area contributed by atoms with Crippen LogP contribution in [0.5, 0.6) is 0 Å². The first-order valence-corrected chi connectivity index (χ1v) is 11.1. The first kappa shape index (κ1) is 21.5. The number of rotatable bonds is 0. The Balaban J connectivity index is 2.08. The van der Waals surface area contributed by atoms with Crippen molar-refractivity contribution in [2.24, 2.45) is 0 Å². The molecule has 0 N–H and O–H groups in total. The lowest BCUT2D eigenvalue weighted by molar-refractivity contribution is -0.143. The highest BCUT2D eigenvalue weighted by molar-refractivity contribution is 5.69. The fourth-order valence-electron chi connectivity index (χ4n) is 3.63. The maximum Gasteiger partial charge on any atom is 0.305 e. The maximum absolute atomic E-state index is 11.6. The van der Waals surface area contributed by atoms with Gasteiger partial charge in [0.05, 0.1) is 6.61 Å². The second-order valence-electron chi connectivity index (χ2n) is 7.69. The molecule has 0 aromatic heterocycles. The van der Waals surface area contributed by atoms with E-state index >= 15 is 0 Å². The van der Waals surface area contributed by atoms with E-state index in [0.29, 0.717) is 13.0 Å². The second-order valence-corrected chi connectivity index (χ2v) is 7.69. The van der Waals surface area contributed by atoms with Gasteiger partial charge in [-0.2, -0.15) is 0 Å². The molecule has 1 aliphatic heterocycles. The lowest BCUT2D eigenvalue weighted by Gasteiger charge is -2.05. The molecule has 24 heavy (non-hydrogen) atoms. The minimum absolute atomic E-state index is 0.0217. The Labute approximate surface area is 151 Å². The van der Waals surface area contributed by atoms with Gasteiger partial charge in [0, 0.05) is 6.42 Å². The first-order chi connectivity index (χ1) is 11.9. The van der Waals surface area contributed by atoms with E-state index in [-0.39, 0.29) is 5.97 Å². The van der Waals surface area contributed by atoms with E-state index in [2.05, 4.69) is 0 Å². The molecule has 1 saturated heterocycles. The van der Waals surface area contributed by atoms with E-state index in [1.54, 1.807) is 0 Å². The monoisotopic (exact) mass is 338 g/mol. The molecule has 2 heteroatoms. The Morgan fingerprint density at radius 2 is 0.708 bits per heavy atom. The summed E-state index contributed by atoms with van der Waals surface area (Å²) < 4.78 is 5.33. The molecule has 0 saturated carbocycles. The fourth-order valence-corrected chi connectivity index (χ4v) is 3.63. The highest BCUT2D eigenvalue weighted by Crippen LogP contribution is 2.15. The van der Waals surface area contributed by atoms with Crippen molar-refractivity contribution in [2.75, 3.05) is 6.61 Å². The SMILES string of the molecule is O=C1CCCCCCCCCCCCCCCCCCCCCO1. The average Bonchev–Trinajstić information content (AvgIpc) is 2.58. The zero-order chi connectivity index (χ0) is 17.1. The first-order valence-electron chi connectivity index (χ1n) is 11.1. The summed E-state index contributed by atoms with van der Waals surface area (Å²) in [5.41, 5.74) is 0. The van der Waals surface area contributed by atoms with Crippen LogP contribution < -0.4 is 0 Å². The highest BCUT2D eigenvalue weighted by atomic mass is 16.5. The number of carbonyl (C=O) groups excluding carboxylic acids is 1. The van der Waals surface area contributed by atoms with E-state index < -0.39 is 0 Å². The largest absolute Gasteiger partial charge is 0.466 e. The van der Waals surface area contributed by atoms with Crippen molar-refractivity contribution in [1.29, 1.82) is 0 Å². The lowest BCUT2D eigenvalue weighted by Crippen LogP contribution is -2.05. The lowest BCUT2D eigenvalue weighted by atomic mass is 10.0. The average molecular weight is 339 g/mol. The topological polar surface area (TPSA) is 26.3 Å². The fraction of sp³-hybridized carbons (Fsp3) is 0.955. The van der Waals surface area contributed by atoms with Crippen LogP contribution in [-0.2, 0) is 9.53 Å². The summed E-state index contributed by atoms with van der Waals surface area (Å²) in [5, 5.41) is 0. The minimum atomic E-state index is 0.0217. The molecule has 0 radical (unpaired) electrons. The number of cyclic esters (lactones) is 1. The summed E-state index contributed by atoms with van der Waals surface area (Å²) >= 11 is 0. The molecule has 1 aliphatic rings. The van der Waals surface area contributed by atoms with Crippen LogP contribution in [0.15, 0.2) is 0 Å². The molecule has 142 valence electrons.